The van der Waals surface area contributed by atoms with Gasteiger partial charge in [0.1, 0.15) is 0 Å². The van der Waals surface area contributed by atoms with E-state index in [2.05, 4.69) is 0 Å². The second kappa shape index (κ2) is 3.97. The fourth-order valence-electron chi connectivity index (χ4n) is 2.16. The summed E-state index contributed by atoms with van der Waals surface area (Å²) in [7, 11) is 0. The molecule has 2 aromatic carbocycles. The van der Waals surface area contributed by atoms with Crippen LogP contribution >= 0.6 is 0 Å². The molecule has 0 aromatic heterocycles. The summed E-state index contributed by atoms with van der Waals surface area (Å²) in [5, 5.41) is 11.3. The molecule has 0 aliphatic rings. The summed E-state index contributed by atoms with van der Waals surface area (Å²) in [6.07, 6.45) is 0.739. The molecule has 0 amide bonds. The van der Waals surface area contributed by atoms with Gasteiger partial charge in [0.15, 0.2) is 0 Å². The molecule has 0 saturated heterocycles. The highest BCUT2D eigenvalue weighted by atomic mass is 16.4. The summed E-state index contributed by atoms with van der Waals surface area (Å²) < 4.78 is 0. The van der Waals surface area contributed by atoms with Gasteiger partial charge in [-0.05, 0) is 41.3 Å². The summed E-state index contributed by atoms with van der Waals surface area (Å²) in [6, 6.07) is 9.61. The average Bonchev–Trinajstić information content (AvgIpc) is 2.27. The van der Waals surface area contributed by atoms with Gasteiger partial charge >= 0.3 is 5.97 Å². The van der Waals surface area contributed by atoms with Crippen molar-refractivity contribution in [2.75, 3.05) is 0 Å². The maximum absolute atomic E-state index is 11.1. The minimum atomic E-state index is -0.847. The lowest BCUT2D eigenvalue weighted by Crippen LogP contribution is -2.02. The SMILES string of the molecule is CCc1c(C(=O)O)ccc2c(C)cccc12. The molecule has 2 aromatic rings. The highest BCUT2D eigenvalue weighted by Crippen LogP contribution is 2.25. The monoisotopic (exact) mass is 214 g/mol. The van der Waals surface area contributed by atoms with E-state index in [4.69, 9.17) is 5.11 Å². The van der Waals surface area contributed by atoms with Gasteiger partial charge in [0.2, 0.25) is 0 Å². The van der Waals surface area contributed by atoms with Crippen molar-refractivity contribution in [3.63, 3.8) is 0 Å². The largest absolute Gasteiger partial charge is 0.478 e. The molecule has 0 radical (unpaired) electrons. The van der Waals surface area contributed by atoms with Gasteiger partial charge in [-0.15, -0.1) is 0 Å². The highest BCUT2D eigenvalue weighted by molar-refractivity contribution is 5.98. The molecule has 0 aliphatic heterocycles. The molecule has 2 heteroatoms. The van der Waals surface area contributed by atoms with E-state index in [1.54, 1.807) is 6.07 Å². The highest BCUT2D eigenvalue weighted by Gasteiger charge is 2.12. The Kier molecular flexibility index (Phi) is 2.65. The van der Waals surface area contributed by atoms with Crippen molar-refractivity contribution >= 4 is 16.7 Å². The predicted octanol–water partition coefficient (Wildman–Crippen LogP) is 3.41. The van der Waals surface area contributed by atoms with Crippen LogP contribution < -0.4 is 0 Å². The van der Waals surface area contributed by atoms with Gasteiger partial charge in [-0.2, -0.15) is 0 Å². The first kappa shape index (κ1) is 10.7. The summed E-state index contributed by atoms with van der Waals surface area (Å²) in [5.41, 5.74) is 2.53. The number of aryl methyl sites for hydroxylation is 2. The van der Waals surface area contributed by atoms with E-state index in [9.17, 15) is 4.79 Å². The average molecular weight is 214 g/mol. The number of aromatic carboxylic acids is 1. The number of carboxylic acid groups (broad SMARTS) is 1. The van der Waals surface area contributed by atoms with E-state index in [1.807, 2.05) is 38.1 Å². The number of fused-ring (bicyclic) bond motifs is 1. The number of carboxylic acids is 1. The Morgan fingerprint density at radius 3 is 2.56 bits per heavy atom. The number of hydrogen-bond donors (Lipinski definition) is 1. The van der Waals surface area contributed by atoms with Gasteiger partial charge in [0.05, 0.1) is 5.56 Å². The summed E-state index contributed by atoms with van der Waals surface area (Å²) in [5.74, 6) is -0.847. The topological polar surface area (TPSA) is 37.3 Å². The molecule has 0 bridgehead atoms. The fraction of sp³-hybridized carbons (Fsp3) is 0.214. The van der Waals surface area contributed by atoms with E-state index >= 15 is 0 Å². The number of rotatable bonds is 2. The van der Waals surface area contributed by atoms with E-state index < -0.39 is 5.97 Å². The van der Waals surface area contributed by atoms with Crippen molar-refractivity contribution in [2.24, 2.45) is 0 Å². The molecule has 0 spiro atoms. The van der Waals surface area contributed by atoms with Crippen molar-refractivity contribution in [2.45, 2.75) is 20.3 Å². The number of hydrogen-bond acceptors (Lipinski definition) is 1. The van der Waals surface area contributed by atoms with Crippen molar-refractivity contribution in [1.82, 2.24) is 0 Å². The molecule has 16 heavy (non-hydrogen) atoms. The van der Waals surface area contributed by atoms with Crippen LogP contribution in [0.5, 0.6) is 0 Å². The maximum atomic E-state index is 11.1. The molecular formula is C14H14O2. The molecule has 0 fully saturated rings. The minimum Gasteiger partial charge on any atom is -0.478 e. The summed E-state index contributed by atoms with van der Waals surface area (Å²) in [4.78, 5) is 11.1. The minimum absolute atomic E-state index is 0.417. The Morgan fingerprint density at radius 2 is 1.94 bits per heavy atom. The third-order valence-corrected chi connectivity index (χ3v) is 2.97. The van der Waals surface area contributed by atoms with Crippen molar-refractivity contribution < 1.29 is 9.90 Å². The molecule has 0 heterocycles. The second-order valence-electron chi connectivity index (χ2n) is 3.92. The Balaban J connectivity index is 2.86. The van der Waals surface area contributed by atoms with Crippen LogP contribution in [0.25, 0.3) is 10.8 Å². The molecule has 0 unspecified atom stereocenters. The van der Waals surface area contributed by atoms with E-state index in [1.165, 1.54) is 5.56 Å². The molecule has 0 saturated carbocycles. The van der Waals surface area contributed by atoms with Crippen LogP contribution in [0.4, 0.5) is 0 Å². The molecule has 0 aliphatic carbocycles. The van der Waals surface area contributed by atoms with E-state index in [0.29, 0.717) is 5.56 Å². The third kappa shape index (κ3) is 1.56. The van der Waals surface area contributed by atoms with E-state index in [-0.39, 0.29) is 0 Å². The maximum Gasteiger partial charge on any atom is 0.335 e. The third-order valence-electron chi connectivity index (χ3n) is 2.97. The molecular weight excluding hydrogens is 200 g/mol. The van der Waals surface area contributed by atoms with Crippen LogP contribution in [0.15, 0.2) is 30.3 Å². The van der Waals surface area contributed by atoms with Crippen molar-refractivity contribution in [3.8, 4) is 0 Å². The second-order valence-corrected chi connectivity index (χ2v) is 3.92. The Labute approximate surface area is 94.5 Å². The van der Waals surface area contributed by atoms with Crippen LogP contribution in [0, 0.1) is 6.92 Å². The Morgan fingerprint density at radius 1 is 1.19 bits per heavy atom. The summed E-state index contributed by atoms with van der Waals surface area (Å²) >= 11 is 0. The number of benzene rings is 2. The molecule has 82 valence electrons. The van der Waals surface area contributed by atoms with Gasteiger partial charge in [0, 0.05) is 0 Å². The van der Waals surface area contributed by atoms with E-state index in [0.717, 1.165) is 22.8 Å². The van der Waals surface area contributed by atoms with Gasteiger partial charge in [-0.25, -0.2) is 4.79 Å². The number of carbonyl (C=O) groups is 1. The first-order valence-electron chi connectivity index (χ1n) is 5.39. The Bertz CT molecular complexity index is 556. The van der Waals surface area contributed by atoms with Crippen LogP contribution in [0.1, 0.15) is 28.4 Å². The van der Waals surface area contributed by atoms with Gasteiger partial charge < -0.3 is 5.11 Å². The predicted molar refractivity (Wildman–Crippen MR) is 65.0 cm³/mol. The Hall–Kier alpha value is -1.83. The lowest BCUT2D eigenvalue weighted by molar-refractivity contribution is 0.0696. The zero-order chi connectivity index (χ0) is 11.7. The fourth-order valence-corrected chi connectivity index (χ4v) is 2.16. The first-order chi connectivity index (χ1) is 7.65. The van der Waals surface area contributed by atoms with Gasteiger partial charge in [-0.1, -0.05) is 31.2 Å². The molecule has 1 N–H and O–H groups in total. The zero-order valence-corrected chi connectivity index (χ0v) is 9.45. The van der Waals surface area contributed by atoms with Crippen LogP contribution in [-0.4, -0.2) is 11.1 Å². The molecule has 2 nitrogen and oxygen atoms in total. The normalized spacial score (nSPS) is 10.6. The van der Waals surface area contributed by atoms with Crippen LogP contribution in [0.3, 0.4) is 0 Å². The molecule has 0 atom stereocenters. The first-order valence-corrected chi connectivity index (χ1v) is 5.39. The zero-order valence-electron chi connectivity index (χ0n) is 9.45. The van der Waals surface area contributed by atoms with Crippen LogP contribution in [0.2, 0.25) is 0 Å². The van der Waals surface area contributed by atoms with Gasteiger partial charge in [-0.3, -0.25) is 0 Å². The van der Waals surface area contributed by atoms with Crippen molar-refractivity contribution in [1.29, 1.82) is 0 Å². The lowest BCUT2D eigenvalue weighted by Gasteiger charge is -2.10. The lowest BCUT2D eigenvalue weighted by atomic mass is 9.95. The smallest absolute Gasteiger partial charge is 0.335 e. The quantitative estimate of drug-likeness (QED) is 0.831. The van der Waals surface area contributed by atoms with Crippen LogP contribution in [-0.2, 0) is 6.42 Å². The van der Waals surface area contributed by atoms with Gasteiger partial charge in [0.25, 0.3) is 0 Å². The summed E-state index contributed by atoms with van der Waals surface area (Å²) in [6.45, 7) is 4.03. The standard InChI is InChI=1S/C14H14O2/c1-3-10-12-6-4-5-9(2)11(12)7-8-13(10)14(15)16/h4-8H,3H2,1-2H3,(H,15,16). The molecule has 2 rings (SSSR count). The van der Waals surface area contributed by atoms with Crippen molar-refractivity contribution in [3.05, 3.63) is 47.0 Å².